The van der Waals surface area contributed by atoms with Crippen molar-refractivity contribution in [3.63, 3.8) is 0 Å². The van der Waals surface area contributed by atoms with Gasteiger partial charge >= 0.3 is 0 Å². The molecule has 2 aromatic carbocycles. The van der Waals surface area contributed by atoms with Crippen LogP contribution in [0.4, 0.5) is 10.1 Å². The predicted molar refractivity (Wildman–Crippen MR) is 80.6 cm³/mol. The second kappa shape index (κ2) is 6.76. The number of benzene rings is 2. The molecule has 0 aliphatic heterocycles. The van der Waals surface area contributed by atoms with Gasteiger partial charge in [-0.3, -0.25) is 0 Å². The van der Waals surface area contributed by atoms with E-state index in [9.17, 15) is 4.39 Å². The zero-order chi connectivity index (χ0) is 15.2. The lowest BCUT2D eigenvalue weighted by Crippen LogP contribution is -2.05. The summed E-state index contributed by atoms with van der Waals surface area (Å²) >= 11 is 0. The molecule has 108 valence electrons. The number of nitriles is 1. The molecule has 4 heteroatoms. The Morgan fingerprint density at radius 1 is 1.19 bits per heavy atom. The van der Waals surface area contributed by atoms with Crippen LogP contribution >= 0.6 is 0 Å². The molecule has 0 amide bonds. The number of nitrogens with one attached hydrogen (secondary N) is 1. The normalized spacial score (nSPS) is 10.2. The zero-order valence-corrected chi connectivity index (χ0v) is 12.1. The minimum absolute atomic E-state index is 0.0423. The average Bonchev–Trinajstić information content (AvgIpc) is 2.47. The Kier molecular flexibility index (Phi) is 4.78. The molecular formula is C17H17FN2O. The molecule has 2 aromatic rings. The number of ether oxygens (including phenoxy) is 1. The van der Waals surface area contributed by atoms with Crippen LogP contribution in [0, 0.1) is 17.1 Å². The van der Waals surface area contributed by atoms with Crippen molar-refractivity contribution < 1.29 is 9.13 Å². The fraction of sp³-hybridized carbons (Fsp3) is 0.235. The first-order valence-corrected chi connectivity index (χ1v) is 6.77. The highest BCUT2D eigenvalue weighted by Gasteiger charge is 2.03. The first-order valence-electron chi connectivity index (χ1n) is 6.77. The number of hydrogen-bond acceptors (Lipinski definition) is 3. The van der Waals surface area contributed by atoms with Gasteiger partial charge in [0.1, 0.15) is 17.6 Å². The number of rotatable bonds is 5. The molecule has 0 aromatic heterocycles. The van der Waals surface area contributed by atoms with Gasteiger partial charge in [-0.1, -0.05) is 12.1 Å². The Bertz CT molecular complexity index is 645. The molecule has 3 nitrogen and oxygen atoms in total. The van der Waals surface area contributed by atoms with Crippen molar-refractivity contribution in [3.05, 3.63) is 59.4 Å². The summed E-state index contributed by atoms with van der Waals surface area (Å²) in [5, 5.41) is 12.0. The molecule has 0 saturated carbocycles. The van der Waals surface area contributed by atoms with E-state index in [-0.39, 0.29) is 11.7 Å². The molecule has 0 fully saturated rings. The highest BCUT2D eigenvalue weighted by Crippen LogP contribution is 2.17. The highest BCUT2D eigenvalue weighted by atomic mass is 19.1. The molecule has 0 spiro atoms. The fourth-order valence-corrected chi connectivity index (χ4v) is 1.88. The van der Waals surface area contributed by atoms with E-state index in [1.54, 1.807) is 6.07 Å². The van der Waals surface area contributed by atoms with Gasteiger partial charge in [-0.25, -0.2) is 4.39 Å². The summed E-state index contributed by atoms with van der Waals surface area (Å²) in [5.74, 6) is 0.334. The smallest absolute Gasteiger partial charge is 0.141 e. The number of nitrogens with zero attached hydrogens (tertiary/aromatic N) is 1. The zero-order valence-electron chi connectivity index (χ0n) is 12.1. The largest absolute Gasteiger partial charge is 0.491 e. The summed E-state index contributed by atoms with van der Waals surface area (Å²) in [4.78, 5) is 0. The topological polar surface area (TPSA) is 45.0 Å². The molecule has 2 rings (SSSR count). The Labute approximate surface area is 124 Å². The van der Waals surface area contributed by atoms with E-state index >= 15 is 0 Å². The standard InChI is InChI=1S/C17H17FN2O/c1-12(2)21-16-6-3-13(4-7-16)11-20-15-5-8-17(18)14(9-15)10-19/h3-9,12,20H,11H2,1-2H3. The molecule has 1 N–H and O–H groups in total. The second-order valence-electron chi connectivity index (χ2n) is 4.97. The molecule has 0 aliphatic rings. The molecule has 0 radical (unpaired) electrons. The summed E-state index contributed by atoms with van der Waals surface area (Å²) in [6, 6.07) is 14.0. The van der Waals surface area contributed by atoms with E-state index in [0.29, 0.717) is 6.54 Å². The molecule has 0 atom stereocenters. The van der Waals surface area contributed by atoms with Crippen LogP contribution in [0.1, 0.15) is 25.0 Å². The van der Waals surface area contributed by atoms with E-state index in [4.69, 9.17) is 10.00 Å². The lowest BCUT2D eigenvalue weighted by molar-refractivity contribution is 0.242. The van der Waals surface area contributed by atoms with Gasteiger partial charge in [0.05, 0.1) is 11.7 Å². The quantitative estimate of drug-likeness (QED) is 0.899. The van der Waals surface area contributed by atoms with Crippen molar-refractivity contribution in [2.24, 2.45) is 0 Å². The van der Waals surface area contributed by atoms with Crippen molar-refractivity contribution >= 4 is 5.69 Å². The molecule has 0 heterocycles. The Morgan fingerprint density at radius 2 is 1.90 bits per heavy atom. The monoisotopic (exact) mass is 284 g/mol. The van der Waals surface area contributed by atoms with Crippen LogP contribution in [0.15, 0.2) is 42.5 Å². The van der Waals surface area contributed by atoms with Crippen molar-refractivity contribution in [2.75, 3.05) is 5.32 Å². The van der Waals surface area contributed by atoms with Gasteiger partial charge in [0, 0.05) is 12.2 Å². The van der Waals surface area contributed by atoms with Crippen LogP contribution in [-0.4, -0.2) is 6.10 Å². The summed E-state index contributed by atoms with van der Waals surface area (Å²) in [6.45, 7) is 4.56. The van der Waals surface area contributed by atoms with Crippen LogP contribution in [0.3, 0.4) is 0 Å². The third kappa shape index (κ3) is 4.22. The van der Waals surface area contributed by atoms with E-state index in [0.717, 1.165) is 17.0 Å². The van der Waals surface area contributed by atoms with Crippen LogP contribution in [0.2, 0.25) is 0 Å². The SMILES string of the molecule is CC(C)Oc1ccc(CNc2ccc(F)c(C#N)c2)cc1. The molecule has 0 aliphatic carbocycles. The Hall–Kier alpha value is -2.54. The lowest BCUT2D eigenvalue weighted by atomic mass is 10.2. The number of hydrogen-bond donors (Lipinski definition) is 1. The third-order valence-electron chi connectivity index (χ3n) is 2.88. The van der Waals surface area contributed by atoms with Gasteiger partial charge in [0.15, 0.2) is 0 Å². The minimum Gasteiger partial charge on any atom is -0.491 e. The maximum absolute atomic E-state index is 13.2. The fourth-order valence-electron chi connectivity index (χ4n) is 1.88. The van der Waals surface area contributed by atoms with Crippen molar-refractivity contribution in [3.8, 4) is 11.8 Å². The molecular weight excluding hydrogens is 267 g/mol. The van der Waals surface area contributed by atoms with Gasteiger partial charge in [-0.05, 0) is 49.7 Å². The first kappa shape index (κ1) is 14.9. The predicted octanol–water partition coefficient (Wildman–Crippen LogP) is 4.10. The summed E-state index contributed by atoms with van der Waals surface area (Å²) in [6.07, 6.45) is 0.151. The number of halogens is 1. The highest BCUT2D eigenvalue weighted by molar-refractivity contribution is 5.50. The van der Waals surface area contributed by atoms with Gasteiger partial charge in [-0.2, -0.15) is 5.26 Å². The van der Waals surface area contributed by atoms with E-state index in [2.05, 4.69) is 5.32 Å². The Morgan fingerprint density at radius 3 is 2.52 bits per heavy atom. The van der Waals surface area contributed by atoms with E-state index < -0.39 is 5.82 Å². The van der Waals surface area contributed by atoms with Crippen LogP contribution in [-0.2, 0) is 6.54 Å². The van der Waals surface area contributed by atoms with Gasteiger partial charge in [0.25, 0.3) is 0 Å². The molecule has 21 heavy (non-hydrogen) atoms. The van der Waals surface area contributed by atoms with Crippen LogP contribution in [0.25, 0.3) is 0 Å². The van der Waals surface area contributed by atoms with Crippen molar-refractivity contribution in [2.45, 2.75) is 26.5 Å². The van der Waals surface area contributed by atoms with E-state index in [1.807, 2.05) is 44.2 Å². The van der Waals surface area contributed by atoms with Crippen LogP contribution in [0.5, 0.6) is 5.75 Å². The first-order chi connectivity index (χ1) is 10.1. The van der Waals surface area contributed by atoms with Crippen LogP contribution < -0.4 is 10.1 Å². The van der Waals surface area contributed by atoms with Crippen molar-refractivity contribution in [1.29, 1.82) is 5.26 Å². The lowest BCUT2D eigenvalue weighted by Gasteiger charge is -2.11. The minimum atomic E-state index is -0.502. The third-order valence-corrected chi connectivity index (χ3v) is 2.88. The van der Waals surface area contributed by atoms with Crippen molar-refractivity contribution in [1.82, 2.24) is 0 Å². The average molecular weight is 284 g/mol. The summed E-state index contributed by atoms with van der Waals surface area (Å²) in [5.41, 5.74) is 1.84. The number of anilines is 1. The van der Waals surface area contributed by atoms with Gasteiger partial charge in [-0.15, -0.1) is 0 Å². The maximum Gasteiger partial charge on any atom is 0.141 e. The second-order valence-corrected chi connectivity index (χ2v) is 4.97. The summed E-state index contributed by atoms with van der Waals surface area (Å²) in [7, 11) is 0. The van der Waals surface area contributed by atoms with E-state index in [1.165, 1.54) is 12.1 Å². The maximum atomic E-state index is 13.2. The molecule has 0 bridgehead atoms. The van der Waals surface area contributed by atoms with Gasteiger partial charge in [0.2, 0.25) is 0 Å². The molecule has 0 saturated heterocycles. The summed E-state index contributed by atoms with van der Waals surface area (Å²) < 4.78 is 18.8. The Balaban J connectivity index is 1.98. The molecule has 0 unspecified atom stereocenters. The van der Waals surface area contributed by atoms with Gasteiger partial charge < -0.3 is 10.1 Å².